The molecular weight excluding hydrogens is 436 g/mol. The highest BCUT2D eigenvalue weighted by molar-refractivity contribution is 5.98. The molecule has 4 rings (SSSR count). The van der Waals surface area contributed by atoms with Crippen LogP contribution in [-0.2, 0) is 17.9 Å². The Labute approximate surface area is 196 Å². The first-order chi connectivity index (χ1) is 16.3. The minimum atomic E-state index is -0.557. The van der Waals surface area contributed by atoms with Gasteiger partial charge >= 0.3 is 5.69 Å². The third-order valence-corrected chi connectivity index (χ3v) is 6.04. The Bertz CT molecular complexity index is 1370. The zero-order chi connectivity index (χ0) is 24.4. The Morgan fingerprint density at radius 3 is 2.62 bits per heavy atom. The number of hydrogen-bond donors (Lipinski definition) is 2. The van der Waals surface area contributed by atoms with Crippen LogP contribution >= 0.6 is 0 Å². The summed E-state index contributed by atoms with van der Waals surface area (Å²) in [6, 6.07) is 4.63. The minimum Gasteiger partial charge on any atom is -0.352 e. The van der Waals surface area contributed by atoms with Gasteiger partial charge in [-0.2, -0.15) is 0 Å². The van der Waals surface area contributed by atoms with Crippen LogP contribution in [0.15, 0.2) is 40.4 Å². The van der Waals surface area contributed by atoms with Crippen molar-refractivity contribution >= 4 is 28.5 Å². The van der Waals surface area contributed by atoms with Crippen molar-refractivity contribution in [2.24, 2.45) is 0 Å². The van der Waals surface area contributed by atoms with Crippen LogP contribution in [0.25, 0.3) is 16.7 Å². The molecule has 0 spiro atoms. The maximum Gasteiger partial charge on any atom is 0.352 e. The van der Waals surface area contributed by atoms with Crippen LogP contribution in [0.5, 0.6) is 0 Å². The van der Waals surface area contributed by atoms with Crippen molar-refractivity contribution in [1.29, 1.82) is 0 Å². The number of nitrogens with one attached hydrogen (secondary N) is 2. The predicted molar refractivity (Wildman–Crippen MR) is 129 cm³/mol. The fourth-order valence-electron chi connectivity index (χ4n) is 4.46. The van der Waals surface area contributed by atoms with Crippen LogP contribution < -0.4 is 21.9 Å². The molecule has 2 aromatic heterocycles. The van der Waals surface area contributed by atoms with Gasteiger partial charge in [0, 0.05) is 24.2 Å². The molecular formula is C24H30N6O4. The van der Waals surface area contributed by atoms with Crippen LogP contribution in [0.3, 0.4) is 0 Å². The van der Waals surface area contributed by atoms with Gasteiger partial charge < -0.3 is 10.6 Å². The van der Waals surface area contributed by atoms with Crippen molar-refractivity contribution in [3.05, 3.63) is 57.3 Å². The van der Waals surface area contributed by atoms with Crippen molar-refractivity contribution < 1.29 is 9.59 Å². The lowest BCUT2D eigenvalue weighted by Gasteiger charge is -2.22. The van der Waals surface area contributed by atoms with Crippen molar-refractivity contribution in [3.8, 4) is 0 Å². The van der Waals surface area contributed by atoms with Gasteiger partial charge in [0.1, 0.15) is 6.54 Å². The van der Waals surface area contributed by atoms with Gasteiger partial charge in [-0.05, 0) is 44.9 Å². The third-order valence-electron chi connectivity index (χ3n) is 6.04. The molecule has 0 aliphatic heterocycles. The molecule has 0 bridgehead atoms. The van der Waals surface area contributed by atoms with E-state index >= 15 is 0 Å². The summed E-state index contributed by atoms with van der Waals surface area (Å²) in [5.41, 5.74) is -0.334. The summed E-state index contributed by atoms with van der Waals surface area (Å²) in [7, 11) is 0. The fraction of sp³-hybridized carbons (Fsp3) is 0.458. The van der Waals surface area contributed by atoms with E-state index in [1.807, 2.05) is 13.8 Å². The number of carbonyl (C=O) groups is 2. The zero-order valence-corrected chi connectivity index (χ0v) is 19.5. The highest BCUT2D eigenvalue weighted by Crippen LogP contribution is 2.17. The van der Waals surface area contributed by atoms with E-state index in [-0.39, 0.29) is 59.2 Å². The Morgan fingerprint density at radius 1 is 1.21 bits per heavy atom. The summed E-state index contributed by atoms with van der Waals surface area (Å²) in [5.74, 6) is -0.516. The number of rotatable bonds is 7. The SMILES string of the molecule is C=CCn1c(=O)c2ccc(C(=O)NC(C)C)cc2n2c(=O)n(CC(=O)NC3CCCCC3)nc12. The van der Waals surface area contributed by atoms with E-state index < -0.39 is 5.69 Å². The first-order valence-corrected chi connectivity index (χ1v) is 11.7. The molecule has 180 valence electrons. The van der Waals surface area contributed by atoms with E-state index in [9.17, 15) is 19.2 Å². The van der Waals surface area contributed by atoms with Crippen LogP contribution in [0, 0.1) is 0 Å². The predicted octanol–water partition coefficient (Wildman–Crippen LogP) is 1.58. The standard InChI is InChI=1S/C24H30N6O4/c1-4-12-28-22(33)18-11-10-16(21(32)25-15(2)3)13-19(18)30-23(28)27-29(24(30)34)14-20(31)26-17-8-6-5-7-9-17/h4,10-11,13,15,17H,1,5-9,12,14H2,2-3H3,(H,25,32)(H,26,31). The number of nitrogens with zero attached hydrogens (tertiary/aromatic N) is 4. The molecule has 1 aliphatic rings. The highest BCUT2D eigenvalue weighted by atomic mass is 16.2. The number of hydrogen-bond acceptors (Lipinski definition) is 5. The summed E-state index contributed by atoms with van der Waals surface area (Å²) in [4.78, 5) is 51.7. The Balaban J connectivity index is 1.81. The van der Waals surface area contributed by atoms with Gasteiger partial charge in [0.15, 0.2) is 0 Å². The molecule has 2 amide bonds. The molecule has 1 saturated carbocycles. The lowest BCUT2D eigenvalue weighted by Crippen LogP contribution is -2.40. The van der Waals surface area contributed by atoms with Crippen LogP contribution in [0.1, 0.15) is 56.3 Å². The smallest absolute Gasteiger partial charge is 0.352 e. The largest absolute Gasteiger partial charge is 0.352 e. The Morgan fingerprint density at radius 2 is 1.94 bits per heavy atom. The second-order valence-electron chi connectivity index (χ2n) is 9.04. The number of allylic oxidation sites excluding steroid dienone is 1. The maximum atomic E-state index is 13.3. The molecule has 10 heteroatoms. The van der Waals surface area contributed by atoms with Crippen LogP contribution in [0.4, 0.5) is 0 Å². The topological polar surface area (TPSA) is 120 Å². The van der Waals surface area contributed by atoms with E-state index in [2.05, 4.69) is 22.3 Å². The Kier molecular flexibility index (Phi) is 6.67. The molecule has 10 nitrogen and oxygen atoms in total. The molecule has 0 radical (unpaired) electrons. The quantitative estimate of drug-likeness (QED) is 0.513. The number of amides is 2. The minimum absolute atomic E-state index is 0.0723. The number of carbonyl (C=O) groups excluding carboxylic acids is 2. The molecule has 0 saturated heterocycles. The highest BCUT2D eigenvalue weighted by Gasteiger charge is 2.21. The first kappa shape index (κ1) is 23.5. The normalized spacial score (nSPS) is 14.6. The second-order valence-corrected chi connectivity index (χ2v) is 9.04. The molecule has 3 aromatic rings. The summed E-state index contributed by atoms with van der Waals surface area (Å²) in [6.07, 6.45) is 6.71. The van der Waals surface area contributed by atoms with Gasteiger partial charge in [-0.1, -0.05) is 25.3 Å². The van der Waals surface area contributed by atoms with Gasteiger partial charge in [0.05, 0.1) is 10.9 Å². The molecule has 34 heavy (non-hydrogen) atoms. The third kappa shape index (κ3) is 4.52. The number of aromatic nitrogens is 4. The lowest BCUT2D eigenvalue weighted by atomic mass is 9.95. The average Bonchev–Trinajstić information content (AvgIpc) is 3.12. The molecule has 1 aliphatic carbocycles. The van der Waals surface area contributed by atoms with E-state index in [4.69, 9.17) is 0 Å². The lowest BCUT2D eigenvalue weighted by molar-refractivity contribution is -0.122. The van der Waals surface area contributed by atoms with Crippen molar-refractivity contribution in [2.45, 2.75) is 71.1 Å². The van der Waals surface area contributed by atoms with E-state index in [0.717, 1.165) is 30.4 Å². The van der Waals surface area contributed by atoms with E-state index in [1.165, 1.54) is 33.6 Å². The monoisotopic (exact) mass is 466 g/mol. The van der Waals surface area contributed by atoms with Gasteiger partial charge in [-0.15, -0.1) is 11.7 Å². The first-order valence-electron chi connectivity index (χ1n) is 11.7. The summed E-state index contributed by atoms with van der Waals surface area (Å²) in [6.45, 7) is 7.27. The van der Waals surface area contributed by atoms with Crippen molar-refractivity contribution in [1.82, 2.24) is 29.4 Å². The van der Waals surface area contributed by atoms with E-state index in [1.54, 1.807) is 6.07 Å². The van der Waals surface area contributed by atoms with Gasteiger partial charge in [-0.25, -0.2) is 13.9 Å². The Hall–Kier alpha value is -3.69. The summed E-state index contributed by atoms with van der Waals surface area (Å²) < 4.78 is 3.67. The molecule has 2 N–H and O–H groups in total. The van der Waals surface area contributed by atoms with Crippen molar-refractivity contribution in [2.75, 3.05) is 0 Å². The molecule has 1 aromatic carbocycles. The van der Waals surface area contributed by atoms with Crippen LogP contribution in [0.2, 0.25) is 0 Å². The molecule has 0 unspecified atom stereocenters. The maximum absolute atomic E-state index is 13.3. The number of benzene rings is 1. The summed E-state index contributed by atoms with van der Waals surface area (Å²) in [5, 5.41) is 10.4. The van der Waals surface area contributed by atoms with E-state index in [0.29, 0.717) is 5.56 Å². The average molecular weight is 467 g/mol. The molecule has 0 atom stereocenters. The fourth-order valence-corrected chi connectivity index (χ4v) is 4.46. The van der Waals surface area contributed by atoms with Crippen molar-refractivity contribution in [3.63, 3.8) is 0 Å². The summed E-state index contributed by atoms with van der Waals surface area (Å²) >= 11 is 0. The number of fused-ring (bicyclic) bond motifs is 3. The second kappa shape index (κ2) is 9.66. The molecule has 2 heterocycles. The van der Waals surface area contributed by atoms with Gasteiger partial charge in [0.2, 0.25) is 11.7 Å². The van der Waals surface area contributed by atoms with Crippen LogP contribution in [-0.4, -0.2) is 42.6 Å². The van der Waals surface area contributed by atoms with Gasteiger partial charge in [0.25, 0.3) is 11.5 Å². The molecule has 1 fully saturated rings. The zero-order valence-electron chi connectivity index (χ0n) is 19.5. The van der Waals surface area contributed by atoms with Gasteiger partial charge in [-0.3, -0.25) is 19.0 Å².